The fraction of sp³-hybridized carbons (Fsp3) is 0.455. The van der Waals surface area contributed by atoms with Crippen molar-refractivity contribution in [1.29, 1.82) is 0 Å². The Morgan fingerprint density at radius 1 is 1.21 bits per heavy atom. The van der Waals surface area contributed by atoms with Crippen molar-refractivity contribution < 1.29 is 0 Å². The minimum atomic E-state index is 0. The molecule has 1 aliphatic rings. The lowest BCUT2D eigenvalue weighted by atomic mass is 10.0. The number of aryl methyl sites for hydroxylation is 1. The molecule has 1 heterocycles. The van der Waals surface area contributed by atoms with Crippen LogP contribution in [0.4, 0.5) is 0 Å². The summed E-state index contributed by atoms with van der Waals surface area (Å²) in [6.07, 6.45) is 0. The lowest BCUT2D eigenvalue weighted by Crippen LogP contribution is -2.42. The van der Waals surface area contributed by atoms with Gasteiger partial charge in [-0.3, -0.25) is 0 Å². The molecule has 0 amide bonds. The van der Waals surface area contributed by atoms with Gasteiger partial charge in [0.2, 0.25) is 0 Å². The van der Waals surface area contributed by atoms with E-state index in [-0.39, 0.29) is 12.4 Å². The highest BCUT2D eigenvalue weighted by atomic mass is 35.5. The Morgan fingerprint density at radius 3 is 2.64 bits per heavy atom. The summed E-state index contributed by atoms with van der Waals surface area (Å²) in [5.41, 5.74) is 2.80. The average molecular weight is 213 g/mol. The van der Waals surface area contributed by atoms with Crippen LogP contribution in [0.5, 0.6) is 0 Å². The summed E-state index contributed by atoms with van der Waals surface area (Å²) in [4.78, 5) is 0. The Bertz CT molecular complexity index is 282. The molecule has 14 heavy (non-hydrogen) atoms. The third-order valence-corrected chi connectivity index (χ3v) is 2.60. The van der Waals surface area contributed by atoms with Crippen LogP contribution in [0.2, 0.25) is 0 Å². The Kier molecular flexibility index (Phi) is 4.39. The van der Waals surface area contributed by atoms with E-state index >= 15 is 0 Å². The van der Waals surface area contributed by atoms with Crippen LogP contribution in [0.3, 0.4) is 0 Å². The van der Waals surface area contributed by atoms with E-state index in [1.54, 1.807) is 0 Å². The first kappa shape index (κ1) is 11.5. The molecule has 1 atom stereocenters. The normalized spacial score (nSPS) is 21.4. The first-order valence-corrected chi connectivity index (χ1v) is 4.87. The molecule has 3 heteroatoms. The van der Waals surface area contributed by atoms with Gasteiger partial charge in [-0.2, -0.15) is 0 Å². The summed E-state index contributed by atoms with van der Waals surface area (Å²) in [7, 11) is 0. The molecule has 0 aliphatic carbocycles. The lowest BCUT2D eigenvalue weighted by molar-refractivity contribution is 0.429. The SMILES string of the molecule is Cc1ccccc1[C@H]1CNCCN1.Cl. The first-order valence-electron chi connectivity index (χ1n) is 4.87. The van der Waals surface area contributed by atoms with Gasteiger partial charge in [-0.15, -0.1) is 12.4 Å². The van der Waals surface area contributed by atoms with E-state index in [0.29, 0.717) is 6.04 Å². The molecular weight excluding hydrogens is 196 g/mol. The molecule has 1 aromatic rings. The Balaban J connectivity index is 0.000000980. The first-order chi connectivity index (χ1) is 6.38. The zero-order chi connectivity index (χ0) is 9.10. The molecule has 1 fully saturated rings. The fourth-order valence-electron chi connectivity index (χ4n) is 1.85. The quantitative estimate of drug-likeness (QED) is 0.740. The van der Waals surface area contributed by atoms with Crippen LogP contribution >= 0.6 is 12.4 Å². The second-order valence-corrected chi connectivity index (χ2v) is 3.57. The van der Waals surface area contributed by atoms with Gasteiger partial charge in [-0.25, -0.2) is 0 Å². The molecule has 2 N–H and O–H groups in total. The molecule has 78 valence electrons. The van der Waals surface area contributed by atoms with Crippen molar-refractivity contribution in [1.82, 2.24) is 10.6 Å². The minimum absolute atomic E-state index is 0. The number of hydrogen-bond acceptors (Lipinski definition) is 2. The molecule has 0 radical (unpaired) electrons. The second kappa shape index (κ2) is 5.35. The number of hydrogen-bond donors (Lipinski definition) is 2. The third kappa shape index (κ3) is 2.47. The summed E-state index contributed by atoms with van der Waals surface area (Å²) in [5, 5.41) is 6.91. The van der Waals surface area contributed by atoms with Gasteiger partial charge < -0.3 is 10.6 Å². The van der Waals surface area contributed by atoms with Crippen molar-refractivity contribution in [2.45, 2.75) is 13.0 Å². The number of piperazine rings is 1. The van der Waals surface area contributed by atoms with Crippen LogP contribution in [0.1, 0.15) is 17.2 Å². The molecule has 0 saturated carbocycles. The molecule has 0 bridgehead atoms. The summed E-state index contributed by atoms with van der Waals surface area (Å²) in [6, 6.07) is 9.08. The number of rotatable bonds is 1. The van der Waals surface area contributed by atoms with Crippen LogP contribution < -0.4 is 10.6 Å². The zero-order valence-electron chi connectivity index (χ0n) is 8.42. The van der Waals surface area contributed by atoms with Crippen molar-refractivity contribution >= 4 is 12.4 Å². The van der Waals surface area contributed by atoms with Crippen molar-refractivity contribution in [3.05, 3.63) is 35.4 Å². The molecule has 0 spiro atoms. The van der Waals surface area contributed by atoms with Gasteiger partial charge in [0, 0.05) is 25.7 Å². The smallest absolute Gasteiger partial charge is 0.0449 e. The van der Waals surface area contributed by atoms with Crippen LogP contribution in [0, 0.1) is 6.92 Å². The van der Waals surface area contributed by atoms with E-state index in [4.69, 9.17) is 0 Å². The van der Waals surface area contributed by atoms with Crippen LogP contribution in [0.15, 0.2) is 24.3 Å². The number of halogens is 1. The highest BCUT2D eigenvalue weighted by Crippen LogP contribution is 2.17. The van der Waals surface area contributed by atoms with Gasteiger partial charge in [0.15, 0.2) is 0 Å². The molecule has 1 aromatic carbocycles. The van der Waals surface area contributed by atoms with Crippen LogP contribution in [0.25, 0.3) is 0 Å². The Hall–Kier alpha value is -0.570. The van der Waals surface area contributed by atoms with E-state index in [2.05, 4.69) is 41.8 Å². The maximum absolute atomic E-state index is 3.51. The van der Waals surface area contributed by atoms with E-state index in [1.165, 1.54) is 11.1 Å². The van der Waals surface area contributed by atoms with E-state index in [1.807, 2.05) is 0 Å². The summed E-state index contributed by atoms with van der Waals surface area (Å²) in [5.74, 6) is 0. The molecule has 2 nitrogen and oxygen atoms in total. The zero-order valence-corrected chi connectivity index (χ0v) is 9.23. The lowest BCUT2D eigenvalue weighted by Gasteiger charge is -2.26. The predicted molar refractivity (Wildman–Crippen MR) is 62.0 cm³/mol. The summed E-state index contributed by atoms with van der Waals surface area (Å²) < 4.78 is 0. The topological polar surface area (TPSA) is 24.1 Å². The van der Waals surface area contributed by atoms with Gasteiger partial charge in [-0.05, 0) is 18.1 Å². The molecule has 0 aromatic heterocycles. The molecule has 0 unspecified atom stereocenters. The second-order valence-electron chi connectivity index (χ2n) is 3.57. The van der Waals surface area contributed by atoms with Crippen molar-refractivity contribution in [2.24, 2.45) is 0 Å². The van der Waals surface area contributed by atoms with Crippen molar-refractivity contribution in [3.8, 4) is 0 Å². The van der Waals surface area contributed by atoms with E-state index in [9.17, 15) is 0 Å². The highest BCUT2D eigenvalue weighted by molar-refractivity contribution is 5.85. The fourth-order valence-corrected chi connectivity index (χ4v) is 1.85. The van der Waals surface area contributed by atoms with Gasteiger partial charge in [-0.1, -0.05) is 24.3 Å². The predicted octanol–water partition coefficient (Wildman–Crippen LogP) is 1.65. The average Bonchev–Trinajstić information content (AvgIpc) is 2.20. The maximum atomic E-state index is 3.51. The highest BCUT2D eigenvalue weighted by Gasteiger charge is 2.14. The number of nitrogens with one attached hydrogen (secondary N) is 2. The monoisotopic (exact) mass is 212 g/mol. The van der Waals surface area contributed by atoms with Gasteiger partial charge in [0.05, 0.1) is 0 Å². The van der Waals surface area contributed by atoms with Gasteiger partial charge >= 0.3 is 0 Å². The minimum Gasteiger partial charge on any atom is -0.314 e. The van der Waals surface area contributed by atoms with Crippen molar-refractivity contribution in [2.75, 3.05) is 19.6 Å². The number of benzene rings is 1. The molecular formula is C11H17ClN2. The largest absolute Gasteiger partial charge is 0.314 e. The van der Waals surface area contributed by atoms with Crippen molar-refractivity contribution in [3.63, 3.8) is 0 Å². The molecule has 2 rings (SSSR count). The third-order valence-electron chi connectivity index (χ3n) is 2.60. The van der Waals surface area contributed by atoms with Crippen LogP contribution in [-0.2, 0) is 0 Å². The van der Waals surface area contributed by atoms with E-state index < -0.39 is 0 Å². The standard InChI is InChI=1S/C11H16N2.ClH/c1-9-4-2-3-5-10(9)11-8-12-6-7-13-11;/h2-5,11-13H,6-8H2,1H3;1H/t11-;/m1./s1. The van der Waals surface area contributed by atoms with Crippen LogP contribution in [-0.4, -0.2) is 19.6 Å². The Labute approximate surface area is 91.5 Å². The van der Waals surface area contributed by atoms with Gasteiger partial charge in [0.1, 0.15) is 0 Å². The molecule has 1 saturated heterocycles. The Morgan fingerprint density at radius 2 is 2.00 bits per heavy atom. The summed E-state index contributed by atoms with van der Waals surface area (Å²) in [6.45, 7) is 5.37. The molecule has 1 aliphatic heterocycles. The summed E-state index contributed by atoms with van der Waals surface area (Å²) >= 11 is 0. The van der Waals surface area contributed by atoms with E-state index in [0.717, 1.165) is 19.6 Å². The van der Waals surface area contributed by atoms with Gasteiger partial charge in [0.25, 0.3) is 0 Å². The maximum Gasteiger partial charge on any atom is 0.0449 e.